The van der Waals surface area contributed by atoms with Crippen molar-refractivity contribution in [3.8, 4) is 0 Å². The van der Waals surface area contributed by atoms with Crippen LogP contribution in [0.2, 0.25) is 0 Å². The van der Waals surface area contributed by atoms with Crippen molar-refractivity contribution in [2.24, 2.45) is 0 Å². The quantitative estimate of drug-likeness (QED) is 0.0257. The summed E-state index contributed by atoms with van der Waals surface area (Å²) in [5.74, 6) is -0.174. The lowest BCUT2D eigenvalue weighted by Crippen LogP contribution is -2.03. The first-order valence-electron chi connectivity index (χ1n) is 36.8. The second kappa shape index (κ2) is 85.5. The zero-order valence-corrected chi connectivity index (χ0v) is 58.4. The molecule has 0 amide bonds. The highest BCUT2D eigenvalue weighted by molar-refractivity contribution is 5.70. The fourth-order valence-corrected chi connectivity index (χ4v) is 9.53. The van der Waals surface area contributed by atoms with Gasteiger partial charge in [-0.1, -0.05) is 280 Å². The number of ether oxygens (including phenoxy) is 4. The van der Waals surface area contributed by atoms with Crippen molar-refractivity contribution in [3.05, 3.63) is 72.9 Å². The average molecular weight is 1210 g/mol. The summed E-state index contributed by atoms with van der Waals surface area (Å²) in [6.45, 7) is 18.4. The van der Waals surface area contributed by atoms with Crippen LogP contribution in [0.3, 0.4) is 0 Å². The van der Waals surface area contributed by atoms with Gasteiger partial charge in [-0.25, -0.2) is 0 Å². The van der Waals surface area contributed by atoms with Gasteiger partial charge in [0.05, 0.1) is 26.4 Å². The summed E-state index contributed by atoms with van der Waals surface area (Å²) in [7, 11) is 0. The standard InChI is InChI=1S/C20H38O2.C20H36O2.C20H34O2.C18H36O2/c3*1-3-5-6-7-8-9-10-11-12-13-14-15-16-17-18-19-20(21)22-4-2;1-3-5-6-7-8-9-10-11-12-13-14-15-16-17-18(19)20-4-2/h11-12H,3-10,13-19H2,1-2H3;8-9,11-12H,3-7,10,13-19H2,1-2H3;5-6,8-9,11-12H,3-4,7,10,13-19H2,1-2H3;3-17H2,1-2H3/b12-11-;9-8-,12-11-;6-5-,9-8-,12-11-;. The minimum absolute atomic E-state index is 0.0319. The van der Waals surface area contributed by atoms with Crippen molar-refractivity contribution >= 4 is 23.9 Å². The van der Waals surface area contributed by atoms with Gasteiger partial charge < -0.3 is 18.9 Å². The first-order chi connectivity index (χ1) is 42.2. The van der Waals surface area contributed by atoms with Gasteiger partial charge in [-0.3, -0.25) is 19.2 Å². The second-order valence-corrected chi connectivity index (χ2v) is 23.1. The van der Waals surface area contributed by atoms with Crippen LogP contribution in [0.4, 0.5) is 0 Å². The number of unbranched alkanes of at least 4 members (excludes halogenated alkanes) is 36. The number of rotatable bonds is 60. The molecule has 8 nitrogen and oxygen atoms in total. The van der Waals surface area contributed by atoms with Crippen molar-refractivity contribution in [1.82, 2.24) is 0 Å². The van der Waals surface area contributed by atoms with Crippen LogP contribution in [0.15, 0.2) is 72.9 Å². The maximum absolute atomic E-state index is 11.1. The molecule has 0 radical (unpaired) electrons. The highest BCUT2D eigenvalue weighted by Gasteiger charge is 2.04. The normalized spacial score (nSPS) is 11.3. The Morgan fingerprint density at radius 3 is 0.616 bits per heavy atom. The minimum atomic E-state index is -0.0522. The summed E-state index contributed by atoms with van der Waals surface area (Å²) in [6.07, 6.45) is 87.3. The molecule has 0 N–H and O–H groups in total. The Kier molecular flexibility index (Phi) is 88.3. The van der Waals surface area contributed by atoms with Crippen LogP contribution >= 0.6 is 0 Å². The van der Waals surface area contributed by atoms with Gasteiger partial charge in [0.1, 0.15) is 0 Å². The van der Waals surface area contributed by atoms with Crippen molar-refractivity contribution in [2.75, 3.05) is 26.4 Å². The molecule has 0 aromatic rings. The molecular weight excluding hydrogens is 1060 g/mol. The maximum atomic E-state index is 11.1. The maximum Gasteiger partial charge on any atom is 0.305 e. The molecule has 0 aromatic heterocycles. The largest absolute Gasteiger partial charge is 0.466 e. The number of hydrogen-bond donors (Lipinski definition) is 0. The number of esters is 4. The van der Waals surface area contributed by atoms with E-state index in [0.717, 1.165) is 70.6 Å². The van der Waals surface area contributed by atoms with Gasteiger partial charge in [-0.2, -0.15) is 0 Å². The van der Waals surface area contributed by atoms with Crippen molar-refractivity contribution < 1.29 is 38.1 Å². The lowest BCUT2D eigenvalue weighted by molar-refractivity contribution is -0.144. The molecule has 0 rings (SSSR count). The molecule has 0 aliphatic rings. The number of carbonyl (C=O) groups is 4. The van der Waals surface area contributed by atoms with Gasteiger partial charge in [-0.15, -0.1) is 0 Å². The van der Waals surface area contributed by atoms with Gasteiger partial charge in [0.15, 0.2) is 0 Å². The Balaban J connectivity index is -0.000000522. The molecule has 86 heavy (non-hydrogen) atoms. The van der Waals surface area contributed by atoms with E-state index in [1.807, 2.05) is 27.7 Å². The molecule has 0 spiro atoms. The van der Waals surface area contributed by atoms with Crippen molar-refractivity contribution in [1.29, 1.82) is 0 Å². The van der Waals surface area contributed by atoms with E-state index in [2.05, 4.69) is 101 Å². The van der Waals surface area contributed by atoms with Crippen LogP contribution in [-0.2, 0) is 38.1 Å². The van der Waals surface area contributed by atoms with Gasteiger partial charge in [0, 0.05) is 25.7 Å². The predicted octanol–water partition coefficient (Wildman–Crippen LogP) is 25.1. The smallest absolute Gasteiger partial charge is 0.305 e. The summed E-state index contributed by atoms with van der Waals surface area (Å²) in [4.78, 5) is 44.5. The van der Waals surface area contributed by atoms with E-state index in [9.17, 15) is 19.2 Å². The predicted molar refractivity (Wildman–Crippen MR) is 375 cm³/mol. The lowest BCUT2D eigenvalue weighted by atomic mass is 10.0. The molecule has 0 aromatic carbocycles. The van der Waals surface area contributed by atoms with Gasteiger partial charge in [0.25, 0.3) is 0 Å². The molecule has 0 aliphatic heterocycles. The topological polar surface area (TPSA) is 105 Å². The van der Waals surface area contributed by atoms with Crippen LogP contribution in [0, 0.1) is 0 Å². The van der Waals surface area contributed by atoms with E-state index in [-0.39, 0.29) is 23.9 Å². The average Bonchev–Trinajstić information content (AvgIpc) is 3.50. The summed E-state index contributed by atoms with van der Waals surface area (Å²) >= 11 is 0. The van der Waals surface area contributed by atoms with E-state index in [0.29, 0.717) is 52.1 Å². The van der Waals surface area contributed by atoms with Crippen molar-refractivity contribution in [3.63, 3.8) is 0 Å². The van der Waals surface area contributed by atoms with Gasteiger partial charge in [0.2, 0.25) is 0 Å². The fourth-order valence-electron chi connectivity index (χ4n) is 9.53. The van der Waals surface area contributed by atoms with Crippen LogP contribution in [0.5, 0.6) is 0 Å². The molecule has 0 atom stereocenters. The molecule has 0 unspecified atom stereocenters. The highest BCUT2D eigenvalue weighted by atomic mass is 16.5. The van der Waals surface area contributed by atoms with E-state index < -0.39 is 0 Å². The molecule has 0 bridgehead atoms. The number of allylic oxidation sites excluding steroid dienone is 12. The van der Waals surface area contributed by atoms with E-state index in [1.165, 1.54) is 225 Å². The molecular formula is C78H144O8. The lowest BCUT2D eigenvalue weighted by Gasteiger charge is -2.03. The van der Waals surface area contributed by atoms with E-state index in [1.54, 1.807) is 0 Å². The monoisotopic (exact) mass is 1210 g/mol. The van der Waals surface area contributed by atoms with E-state index in [4.69, 9.17) is 18.9 Å². The SMILES string of the molecule is CC/C=C\C/C=C\C/C=C\CCCCCCCC(=O)OCC.CCCCC/C=C\C/C=C\CCCCCCCC(=O)OCC.CCCCCCCC/C=C\CCCCCCCC(=O)OCC.CCCCCCCCCCCCCCCC(=O)OCC. The molecule has 0 heterocycles. The molecule has 0 fully saturated rings. The Morgan fingerprint density at radius 1 is 0.209 bits per heavy atom. The minimum Gasteiger partial charge on any atom is -0.466 e. The Bertz CT molecular complexity index is 1520. The molecule has 0 aliphatic carbocycles. The van der Waals surface area contributed by atoms with Crippen molar-refractivity contribution in [2.45, 2.75) is 376 Å². The summed E-state index contributed by atoms with van der Waals surface area (Å²) < 4.78 is 19.6. The Morgan fingerprint density at radius 2 is 0.384 bits per heavy atom. The van der Waals surface area contributed by atoms with Crippen LogP contribution in [0.25, 0.3) is 0 Å². The Hall–Kier alpha value is -3.68. The van der Waals surface area contributed by atoms with Crippen LogP contribution in [-0.4, -0.2) is 50.3 Å². The van der Waals surface area contributed by atoms with Crippen LogP contribution in [0.1, 0.15) is 376 Å². The first kappa shape index (κ1) is 88.7. The van der Waals surface area contributed by atoms with Crippen LogP contribution < -0.4 is 0 Å². The zero-order valence-electron chi connectivity index (χ0n) is 58.4. The second-order valence-electron chi connectivity index (χ2n) is 23.1. The van der Waals surface area contributed by atoms with Gasteiger partial charge in [-0.05, 0) is 143 Å². The fraction of sp³-hybridized carbons (Fsp3) is 0.795. The molecule has 0 saturated carbocycles. The third-order valence-electron chi connectivity index (χ3n) is 14.7. The number of hydrogen-bond acceptors (Lipinski definition) is 8. The Labute approximate surface area is 535 Å². The molecule has 8 heteroatoms. The van der Waals surface area contributed by atoms with Gasteiger partial charge >= 0.3 is 23.9 Å². The third-order valence-corrected chi connectivity index (χ3v) is 14.7. The number of carbonyl (C=O) groups excluding carboxylic acids is 4. The highest BCUT2D eigenvalue weighted by Crippen LogP contribution is 2.15. The zero-order chi connectivity index (χ0) is 63.8. The first-order valence-corrected chi connectivity index (χ1v) is 36.8. The molecule has 0 saturated heterocycles. The summed E-state index contributed by atoms with van der Waals surface area (Å²) in [5.41, 5.74) is 0. The third kappa shape index (κ3) is 91.5. The summed E-state index contributed by atoms with van der Waals surface area (Å²) in [6, 6.07) is 0. The molecule has 504 valence electrons. The summed E-state index contributed by atoms with van der Waals surface area (Å²) in [5, 5.41) is 0. The van der Waals surface area contributed by atoms with E-state index >= 15 is 0 Å².